The van der Waals surface area contributed by atoms with Gasteiger partial charge in [0, 0.05) is 25.2 Å². The number of aliphatic hydroxyl groups excluding tert-OH is 3. The summed E-state index contributed by atoms with van der Waals surface area (Å²) >= 11 is 0. The van der Waals surface area contributed by atoms with Gasteiger partial charge in [-0.3, -0.25) is 4.79 Å². The number of carbonyl (C=O) groups excluding carboxylic acids is 1. The minimum absolute atomic E-state index is 0.0364. The number of nitrogens with two attached hydrogens (primary N) is 3. The van der Waals surface area contributed by atoms with E-state index in [0.29, 0.717) is 12.2 Å². The lowest BCUT2D eigenvalue weighted by Gasteiger charge is -2.49. The molecule has 16 heteroatoms. The topological polar surface area (TPSA) is 261 Å². The molecule has 0 aromatic heterocycles. The van der Waals surface area contributed by atoms with Crippen molar-refractivity contribution in [1.82, 2.24) is 21.3 Å². The number of hydrogen-bond acceptors (Lipinski definition) is 15. The third-order valence-electron chi connectivity index (χ3n) is 8.44. The largest absolute Gasteiger partial charge is 0.467 e. The second-order valence-corrected chi connectivity index (χ2v) is 11.8. The second kappa shape index (κ2) is 14.5. The summed E-state index contributed by atoms with van der Waals surface area (Å²) in [5.74, 6) is -0.148. The van der Waals surface area contributed by atoms with E-state index in [1.807, 2.05) is 6.08 Å². The lowest BCUT2D eigenvalue weighted by atomic mass is 9.83. The standard InChI is InChI=1S/C26H49N7O9/c1-26(38)11-39-25(19(36)22(26)30-2)42-21-16(33-23(37)17(34)5-6-27)7-14(29)20(18(21)35)41-24-15(32-12-9-31-10-12)4-3-13(8-28)40-24/h3,12,14-22,24-25,30-32,34-36,38H,4-11,27-29H2,1-2H3,(H,33,37)/t14-,15+,16+,17-,18-,19+,20+,21-,22+,24+,25+,26-/m0/s1. The number of aliphatic hydroxyl groups is 4. The van der Waals surface area contributed by atoms with E-state index in [4.69, 9.17) is 36.1 Å². The fraction of sp³-hybridized carbons (Fsp3) is 0.885. The predicted octanol–water partition coefficient (Wildman–Crippen LogP) is -5.38. The van der Waals surface area contributed by atoms with Crippen LogP contribution in [0.25, 0.3) is 0 Å². The SMILES string of the molecule is CN[C@@H]1[C@@H](O)[C@@H](O[C@@H]2[C@@H](O)[C@H](O[C@H]3OC(CN)=CC[C@H]3NC3CNC3)[C@@H](N)C[C@H]2NC(=O)[C@@H](O)CCN)OC[C@]1(C)O. The molecule has 42 heavy (non-hydrogen) atoms. The molecule has 0 spiro atoms. The molecular weight excluding hydrogens is 554 g/mol. The Morgan fingerprint density at radius 1 is 1.19 bits per heavy atom. The van der Waals surface area contributed by atoms with E-state index in [2.05, 4.69) is 21.3 Å². The van der Waals surface area contributed by atoms with Crippen LogP contribution in [0.2, 0.25) is 0 Å². The summed E-state index contributed by atoms with van der Waals surface area (Å²) in [4.78, 5) is 12.7. The van der Waals surface area contributed by atoms with Crippen LogP contribution in [-0.2, 0) is 23.7 Å². The van der Waals surface area contributed by atoms with Gasteiger partial charge in [-0.15, -0.1) is 0 Å². The van der Waals surface area contributed by atoms with Crippen molar-refractivity contribution in [3.8, 4) is 0 Å². The molecule has 0 unspecified atom stereocenters. The van der Waals surface area contributed by atoms with Gasteiger partial charge in [0.15, 0.2) is 6.29 Å². The molecule has 242 valence electrons. The van der Waals surface area contributed by atoms with Gasteiger partial charge >= 0.3 is 0 Å². The fourth-order valence-electron chi connectivity index (χ4n) is 5.94. The maximum Gasteiger partial charge on any atom is 0.249 e. The van der Waals surface area contributed by atoms with E-state index in [-0.39, 0.29) is 44.6 Å². The van der Waals surface area contributed by atoms with Crippen LogP contribution in [0.5, 0.6) is 0 Å². The average molecular weight is 604 g/mol. The second-order valence-electron chi connectivity index (χ2n) is 11.8. The van der Waals surface area contributed by atoms with Gasteiger partial charge in [0.1, 0.15) is 41.9 Å². The first-order valence-corrected chi connectivity index (χ1v) is 14.6. The first-order valence-electron chi connectivity index (χ1n) is 14.6. The van der Waals surface area contributed by atoms with Gasteiger partial charge in [0.05, 0.1) is 31.3 Å². The summed E-state index contributed by atoms with van der Waals surface area (Å²) in [5, 5.41) is 55.8. The van der Waals surface area contributed by atoms with Gasteiger partial charge < -0.3 is 77.8 Å². The first kappa shape index (κ1) is 33.4. The highest BCUT2D eigenvalue weighted by molar-refractivity contribution is 5.80. The summed E-state index contributed by atoms with van der Waals surface area (Å²) in [5.41, 5.74) is 16.4. The number of carbonyl (C=O) groups is 1. The van der Waals surface area contributed by atoms with Crippen molar-refractivity contribution in [2.75, 3.05) is 39.8 Å². The fourth-order valence-corrected chi connectivity index (χ4v) is 5.94. The molecule has 2 saturated heterocycles. The molecule has 1 amide bonds. The van der Waals surface area contributed by atoms with Crippen LogP contribution in [-0.4, -0.2) is 145 Å². The lowest BCUT2D eigenvalue weighted by molar-refractivity contribution is -0.304. The molecule has 0 radical (unpaired) electrons. The third kappa shape index (κ3) is 7.58. The smallest absolute Gasteiger partial charge is 0.249 e. The summed E-state index contributed by atoms with van der Waals surface area (Å²) in [6.07, 6.45) is -5.77. The molecule has 1 aliphatic carbocycles. The summed E-state index contributed by atoms with van der Waals surface area (Å²) < 4.78 is 24.2. The summed E-state index contributed by atoms with van der Waals surface area (Å²) in [7, 11) is 1.59. The van der Waals surface area contributed by atoms with Crippen LogP contribution in [0.4, 0.5) is 0 Å². The Labute approximate surface area is 245 Å². The number of nitrogens with one attached hydrogen (secondary N) is 4. The van der Waals surface area contributed by atoms with E-state index in [1.165, 1.54) is 6.92 Å². The van der Waals surface area contributed by atoms with Gasteiger partial charge in [-0.05, 0) is 45.9 Å². The quantitative estimate of drug-likeness (QED) is 0.0994. The van der Waals surface area contributed by atoms with Gasteiger partial charge in [-0.25, -0.2) is 0 Å². The molecule has 3 aliphatic heterocycles. The third-order valence-corrected chi connectivity index (χ3v) is 8.44. The van der Waals surface area contributed by atoms with Crippen molar-refractivity contribution < 1.29 is 44.2 Å². The molecule has 4 aliphatic rings. The Morgan fingerprint density at radius 3 is 2.52 bits per heavy atom. The molecule has 3 fully saturated rings. The molecule has 0 aromatic carbocycles. The minimum atomic E-state index is -1.42. The van der Waals surface area contributed by atoms with Crippen LogP contribution >= 0.6 is 0 Å². The molecule has 14 N–H and O–H groups in total. The normalized spacial score (nSPS) is 41.8. The predicted molar refractivity (Wildman–Crippen MR) is 149 cm³/mol. The molecular formula is C26H49N7O9. The zero-order chi connectivity index (χ0) is 30.6. The van der Waals surface area contributed by atoms with Crippen LogP contribution < -0.4 is 38.5 Å². The molecule has 4 rings (SSSR count). The van der Waals surface area contributed by atoms with Crippen molar-refractivity contribution in [1.29, 1.82) is 0 Å². The van der Waals surface area contributed by atoms with Crippen molar-refractivity contribution in [2.45, 2.75) is 105 Å². The number of rotatable bonds is 12. The van der Waals surface area contributed by atoms with E-state index >= 15 is 0 Å². The first-order chi connectivity index (χ1) is 20.0. The van der Waals surface area contributed by atoms with Crippen LogP contribution in [0.1, 0.15) is 26.2 Å². The summed E-state index contributed by atoms with van der Waals surface area (Å²) in [6.45, 7) is 3.24. The number of amides is 1. The zero-order valence-corrected chi connectivity index (χ0v) is 24.2. The molecule has 12 atom stereocenters. The van der Waals surface area contributed by atoms with Gasteiger partial charge in [0.25, 0.3) is 0 Å². The van der Waals surface area contributed by atoms with E-state index < -0.39 is 72.7 Å². The highest BCUT2D eigenvalue weighted by atomic mass is 16.7. The molecule has 16 nitrogen and oxygen atoms in total. The van der Waals surface area contributed by atoms with Crippen molar-refractivity contribution in [2.24, 2.45) is 17.2 Å². The maximum atomic E-state index is 12.7. The van der Waals surface area contributed by atoms with Crippen molar-refractivity contribution in [3.05, 3.63) is 11.8 Å². The Balaban J connectivity index is 1.54. The lowest BCUT2D eigenvalue weighted by Crippen LogP contribution is -2.69. The van der Waals surface area contributed by atoms with Crippen LogP contribution in [0.15, 0.2) is 11.8 Å². The molecule has 1 saturated carbocycles. The van der Waals surface area contributed by atoms with Crippen molar-refractivity contribution >= 4 is 5.91 Å². The highest BCUT2D eigenvalue weighted by Crippen LogP contribution is 2.32. The Morgan fingerprint density at radius 2 is 1.90 bits per heavy atom. The maximum absolute atomic E-state index is 12.7. The van der Waals surface area contributed by atoms with Gasteiger partial charge in [-0.1, -0.05) is 0 Å². The van der Waals surface area contributed by atoms with Crippen LogP contribution in [0, 0.1) is 0 Å². The minimum Gasteiger partial charge on any atom is -0.467 e. The number of ether oxygens (including phenoxy) is 4. The van der Waals surface area contributed by atoms with Crippen LogP contribution in [0.3, 0.4) is 0 Å². The van der Waals surface area contributed by atoms with E-state index in [0.717, 1.165) is 13.1 Å². The molecule has 0 bridgehead atoms. The van der Waals surface area contributed by atoms with Crippen molar-refractivity contribution in [3.63, 3.8) is 0 Å². The zero-order valence-electron chi connectivity index (χ0n) is 24.2. The number of hydrogen-bond donors (Lipinski definition) is 11. The van der Waals surface area contributed by atoms with E-state index in [9.17, 15) is 25.2 Å². The Hall–Kier alpha value is -1.51. The molecule has 3 heterocycles. The van der Waals surface area contributed by atoms with Gasteiger partial charge in [-0.2, -0.15) is 0 Å². The average Bonchev–Trinajstić information content (AvgIpc) is 2.92. The molecule has 0 aromatic rings. The van der Waals surface area contributed by atoms with E-state index in [1.54, 1.807) is 7.05 Å². The Bertz CT molecular complexity index is 927. The summed E-state index contributed by atoms with van der Waals surface area (Å²) in [6, 6.07) is -2.47. The Kier molecular flexibility index (Phi) is 11.5. The highest BCUT2D eigenvalue weighted by Gasteiger charge is 2.52. The van der Waals surface area contributed by atoms with Gasteiger partial charge in [0.2, 0.25) is 12.2 Å². The monoisotopic (exact) mass is 603 g/mol. The number of likely N-dealkylation sites (N-methyl/N-ethyl adjacent to an activating group) is 1.